The topological polar surface area (TPSA) is 97.8 Å². The molecule has 2 heterocycles. The van der Waals surface area contributed by atoms with Gasteiger partial charge in [0.25, 0.3) is 5.91 Å². The Morgan fingerprint density at radius 1 is 1.00 bits per heavy atom. The summed E-state index contributed by atoms with van der Waals surface area (Å²) < 4.78 is 10.7. The molecule has 2 aromatic heterocycles. The molecule has 0 spiro atoms. The number of pyridine rings is 1. The summed E-state index contributed by atoms with van der Waals surface area (Å²) in [6.45, 7) is 3.44. The van der Waals surface area contributed by atoms with Crippen molar-refractivity contribution in [3.05, 3.63) is 59.0 Å². The predicted molar refractivity (Wildman–Crippen MR) is 127 cm³/mol. The lowest BCUT2D eigenvalue weighted by molar-refractivity contribution is -0.116. The van der Waals surface area contributed by atoms with E-state index in [0.29, 0.717) is 16.3 Å². The Hall–Kier alpha value is -3.72. The van der Waals surface area contributed by atoms with Crippen molar-refractivity contribution in [2.24, 2.45) is 0 Å². The maximum absolute atomic E-state index is 12.8. The normalized spacial score (nSPS) is 10.4. The molecule has 0 saturated carbocycles. The Labute approximate surface area is 196 Å². The van der Waals surface area contributed by atoms with Gasteiger partial charge in [0.2, 0.25) is 5.91 Å². The molecule has 0 aliphatic carbocycles. The lowest BCUT2D eigenvalue weighted by Gasteiger charge is -2.18. The number of ketones is 1. The Bertz CT molecular complexity index is 1160. The van der Waals surface area contributed by atoms with Crippen molar-refractivity contribution in [1.82, 2.24) is 10.3 Å². The van der Waals surface area contributed by atoms with Crippen LogP contribution in [-0.4, -0.2) is 49.9 Å². The van der Waals surface area contributed by atoms with Crippen molar-refractivity contribution in [2.45, 2.75) is 13.8 Å². The first-order valence-electron chi connectivity index (χ1n) is 10.2. The first-order valence-corrected chi connectivity index (χ1v) is 11.0. The van der Waals surface area contributed by atoms with Gasteiger partial charge in [0.05, 0.1) is 34.7 Å². The van der Waals surface area contributed by atoms with E-state index in [9.17, 15) is 14.4 Å². The summed E-state index contributed by atoms with van der Waals surface area (Å²) >= 11 is 1.31. The van der Waals surface area contributed by atoms with Gasteiger partial charge in [0.1, 0.15) is 23.9 Å². The average molecular weight is 468 g/mol. The molecule has 0 aliphatic rings. The van der Waals surface area contributed by atoms with Crippen LogP contribution in [0.2, 0.25) is 0 Å². The van der Waals surface area contributed by atoms with Crippen LogP contribution in [0.25, 0.3) is 10.6 Å². The average Bonchev–Trinajstić information content (AvgIpc) is 3.32. The summed E-state index contributed by atoms with van der Waals surface area (Å²) in [4.78, 5) is 43.7. The number of carbonyl (C=O) groups excluding carboxylic acids is 3. The second-order valence-corrected chi connectivity index (χ2v) is 8.23. The zero-order valence-electron chi connectivity index (χ0n) is 18.9. The molecule has 0 fully saturated rings. The minimum Gasteiger partial charge on any atom is -0.497 e. The highest BCUT2D eigenvalue weighted by Gasteiger charge is 2.20. The number of Topliss-reactive ketones (excluding diaryl/α,β-unsaturated/α-hetero) is 1. The number of nitrogens with one attached hydrogen (secondary N) is 1. The third-order valence-electron chi connectivity index (χ3n) is 4.83. The molecule has 8 nitrogen and oxygen atoms in total. The minimum absolute atomic E-state index is 0.0276. The molecule has 0 atom stereocenters. The summed E-state index contributed by atoms with van der Waals surface area (Å²) in [5, 5.41) is 2.80. The predicted octanol–water partition coefficient (Wildman–Crippen LogP) is 3.81. The second-order valence-electron chi connectivity index (χ2n) is 7.15. The third kappa shape index (κ3) is 5.95. The highest BCUT2D eigenvalue weighted by molar-refractivity contribution is 7.17. The Morgan fingerprint density at radius 3 is 2.30 bits per heavy atom. The first kappa shape index (κ1) is 23.9. The van der Waals surface area contributed by atoms with Gasteiger partial charge in [-0.05, 0) is 55.5 Å². The number of amides is 2. The van der Waals surface area contributed by atoms with Crippen LogP contribution in [0.3, 0.4) is 0 Å². The monoisotopic (exact) mass is 467 g/mol. The molecule has 0 radical (unpaired) electrons. The molecule has 1 aromatic carbocycles. The van der Waals surface area contributed by atoms with E-state index in [0.717, 1.165) is 10.6 Å². The molecule has 3 aromatic rings. The van der Waals surface area contributed by atoms with Gasteiger partial charge in [-0.1, -0.05) is 0 Å². The molecular formula is C24H25N3O5S. The van der Waals surface area contributed by atoms with Gasteiger partial charge >= 0.3 is 0 Å². The number of thiophene rings is 1. The highest BCUT2D eigenvalue weighted by atomic mass is 32.1. The quantitative estimate of drug-likeness (QED) is 0.380. The number of aromatic nitrogens is 1. The third-order valence-corrected chi connectivity index (χ3v) is 6.04. The van der Waals surface area contributed by atoms with Crippen LogP contribution in [0.4, 0.5) is 5.82 Å². The number of benzene rings is 1. The maximum Gasteiger partial charge on any atom is 0.255 e. The molecule has 0 bridgehead atoms. The zero-order valence-corrected chi connectivity index (χ0v) is 19.7. The highest BCUT2D eigenvalue weighted by Crippen LogP contribution is 2.30. The summed E-state index contributed by atoms with van der Waals surface area (Å²) in [5.74, 6) is 0.979. The van der Waals surface area contributed by atoms with E-state index in [4.69, 9.17) is 9.47 Å². The van der Waals surface area contributed by atoms with E-state index in [2.05, 4.69) is 10.3 Å². The van der Waals surface area contributed by atoms with Crippen LogP contribution >= 0.6 is 11.3 Å². The van der Waals surface area contributed by atoms with Crippen LogP contribution in [0.1, 0.15) is 33.9 Å². The van der Waals surface area contributed by atoms with Gasteiger partial charge in [0.15, 0.2) is 5.78 Å². The number of hydrogen-bond acceptors (Lipinski definition) is 7. The van der Waals surface area contributed by atoms with Crippen molar-refractivity contribution >= 4 is 34.8 Å². The standard InChI is InChI=1S/C24H25N3O5S/c1-15(28)21-11-12-22(33-21)20-10-9-19(23(26-20)27(3)16(2)29)24(30)25-13-14-32-18-7-5-17(31-4)6-8-18/h5-12H,13-14H2,1-4H3,(H,25,30). The number of nitrogens with zero attached hydrogens (tertiary/aromatic N) is 2. The van der Waals surface area contributed by atoms with E-state index >= 15 is 0 Å². The van der Waals surface area contributed by atoms with Crippen molar-refractivity contribution in [3.8, 4) is 22.1 Å². The van der Waals surface area contributed by atoms with Crippen molar-refractivity contribution < 1.29 is 23.9 Å². The van der Waals surface area contributed by atoms with E-state index in [1.165, 1.54) is 30.1 Å². The molecule has 0 unspecified atom stereocenters. The zero-order chi connectivity index (χ0) is 24.0. The van der Waals surface area contributed by atoms with E-state index in [1.807, 2.05) is 0 Å². The molecule has 0 saturated heterocycles. The van der Waals surface area contributed by atoms with Crippen LogP contribution < -0.4 is 19.7 Å². The fourth-order valence-electron chi connectivity index (χ4n) is 2.93. The number of methoxy groups -OCH3 is 1. The summed E-state index contributed by atoms with van der Waals surface area (Å²) in [5.41, 5.74) is 0.847. The summed E-state index contributed by atoms with van der Waals surface area (Å²) in [6, 6.07) is 14.0. The van der Waals surface area contributed by atoms with Gasteiger partial charge < -0.3 is 14.8 Å². The fourth-order valence-corrected chi connectivity index (χ4v) is 3.80. The maximum atomic E-state index is 12.8. The van der Waals surface area contributed by atoms with Crippen molar-refractivity contribution in [1.29, 1.82) is 0 Å². The van der Waals surface area contributed by atoms with E-state index in [1.54, 1.807) is 62.7 Å². The lowest BCUT2D eigenvalue weighted by atomic mass is 10.2. The van der Waals surface area contributed by atoms with Crippen molar-refractivity contribution in [2.75, 3.05) is 32.2 Å². The van der Waals surface area contributed by atoms with Gasteiger partial charge in [-0.15, -0.1) is 11.3 Å². The number of ether oxygens (including phenoxy) is 2. The largest absolute Gasteiger partial charge is 0.497 e. The van der Waals surface area contributed by atoms with Crippen LogP contribution in [0, 0.1) is 0 Å². The molecule has 172 valence electrons. The van der Waals surface area contributed by atoms with Gasteiger partial charge in [-0.25, -0.2) is 4.98 Å². The molecule has 9 heteroatoms. The van der Waals surface area contributed by atoms with E-state index < -0.39 is 0 Å². The van der Waals surface area contributed by atoms with Gasteiger partial charge in [-0.3, -0.25) is 19.3 Å². The lowest BCUT2D eigenvalue weighted by Crippen LogP contribution is -2.32. The van der Waals surface area contributed by atoms with Crippen LogP contribution in [0.15, 0.2) is 48.5 Å². The number of hydrogen-bond donors (Lipinski definition) is 1. The Morgan fingerprint density at radius 2 is 1.70 bits per heavy atom. The van der Waals surface area contributed by atoms with Crippen molar-refractivity contribution in [3.63, 3.8) is 0 Å². The summed E-state index contributed by atoms with van der Waals surface area (Å²) in [7, 11) is 3.15. The Balaban J connectivity index is 1.72. The summed E-state index contributed by atoms with van der Waals surface area (Å²) in [6.07, 6.45) is 0. The molecule has 2 amide bonds. The minimum atomic E-state index is -0.369. The molecule has 33 heavy (non-hydrogen) atoms. The molecule has 0 aliphatic heterocycles. The number of rotatable bonds is 9. The molecule has 1 N–H and O–H groups in total. The van der Waals surface area contributed by atoms with Gasteiger partial charge in [-0.2, -0.15) is 0 Å². The van der Waals surface area contributed by atoms with Crippen LogP contribution in [-0.2, 0) is 4.79 Å². The molecule has 3 rings (SSSR count). The van der Waals surface area contributed by atoms with E-state index in [-0.39, 0.29) is 42.1 Å². The number of carbonyl (C=O) groups is 3. The fraction of sp³-hybridized carbons (Fsp3) is 0.250. The SMILES string of the molecule is COc1ccc(OCCNC(=O)c2ccc(-c3ccc(C(C)=O)s3)nc2N(C)C(C)=O)cc1. The number of anilines is 1. The molecular weight excluding hydrogens is 442 g/mol. The van der Waals surface area contributed by atoms with Gasteiger partial charge in [0, 0.05) is 14.0 Å². The first-order chi connectivity index (χ1) is 15.8. The Kier molecular flexibility index (Phi) is 7.78. The van der Waals surface area contributed by atoms with Crippen LogP contribution in [0.5, 0.6) is 11.5 Å². The smallest absolute Gasteiger partial charge is 0.255 e. The second kappa shape index (κ2) is 10.7.